The third kappa shape index (κ3) is 6.13. The smallest absolute Gasteiger partial charge is 0.338 e. The minimum absolute atomic E-state index is 0.261. The van der Waals surface area contributed by atoms with E-state index in [4.69, 9.17) is 30.9 Å². The molecule has 1 unspecified atom stereocenters. The maximum atomic E-state index is 13.3. The molecule has 0 fully saturated rings. The number of hydrogen-bond acceptors (Lipinski definition) is 8. The molecule has 1 aromatic heterocycles. The maximum absolute atomic E-state index is 13.3. The van der Waals surface area contributed by atoms with E-state index >= 15 is 0 Å². The van der Waals surface area contributed by atoms with Gasteiger partial charge in [0.2, 0.25) is 11.1 Å². The topological polar surface area (TPSA) is 87.5 Å². The molecular formula is C27H30BrClN4O4S. The summed E-state index contributed by atoms with van der Waals surface area (Å²) in [4.78, 5) is 18.0. The molecule has 2 aromatic carbocycles. The van der Waals surface area contributed by atoms with Crippen LogP contribution in [0.4, 0.5) is 5.95 Å². The largest absolute Gasteiger partial charge is 0.493 e. The van der Waals surface area contributed by atoms with E-state index in [2.05, 4.69) is 33.2 Å². The number of allylic oxidation sites excluding steroid dienone is 1. The fourth-order valence-electron chi connectivity index (χ4n) is 4.04. The lowest BCUT2D eigenvalue weighted by atomic mass is 9.95. The number of carbonyl (C=O) groups excluding carboxylic acids is 1. The second-order valence-electron chi connectivity index (χ2n) is 8.95. The molecule has 0 aliphatic carbocycles. The SMILES string of the molecule is CCCSc1nc2n(n1)C(c1cc(Br)c(OCc3ccccc3Cl)c(OC)c1)C(C(=O)OC(C)C)=C(C)N2. The van der Waals surface area contributed by atoms with Gasteiger partial charge in [0.05, 0.1) is 23.3 Å². The zero-order valence-corrected chi connectivity index (χ0v) is 25.0. The third-order valence-corrected chi connectivity index (χ3v) is 7.73. The fourth-order valence-corrected chi connectivity index (χ4v) is 5.49. The molecule has 2 heterocycles. The van der Waals surface area contributed by atoms with Gasteiger partial charge >= 0.3 is 5.97 Å². The first kappa shape index (κ1) is 28.3. The van der Waals surface area contributed by atoms with Crippen molar-refractivity contribution in [2.45, 2.75) is 58.0 Å². The van der Waals surface area contributed by atoms with E-state index in [1.165, 1.54) is 0 Å². The van der Waals surface area contributed by atoms with Crippen LogP contribution < -0.4 is 14.8 Å². The maximum Gasteiger partial charge on any atom is 0.338 e. The number of thioether (sulfide) groups is 1. The van der Waals surface area contributed by atoms with Crippen LogP contribution in [0.5, 0.6) is 11.5 Å². The van der Waals surface area contributed by atoms with E-state index in [-0.39, 0.29) is 12.7 Å². The van der Waals surface area contributed by atoms with E-state index in [9.17, 15) is 4.79 Å². The van der Waals surface area contributed by atoms with Crippen LogP contribution in [0.15, 0.2) is 57.3 Å². The van der Waals surface area contributed by atoms with Gasteiger partial charge in [0.1, 0.15) is 12.6 Å². The van der Waals surface area contributed by atoms with E-state index in [1.807, 2.05) is 57.2 Å². The lowest BCUT2D eigenvalue weighted by Gasteiger charge is -2.29. The molecule has 0 spiro atoms. The van der Waals surface area contributed by atoms with Crippen LogP contribution >= 0.6 is 39.3 Å². The van der Waals surface area contributed by atoms with Gasteiger partial charge in [0.15, 0.2) is 11.5 Å². The van der Waals surface area contributed by atoms with Gasteiger partial charge in [-0.2, -0.15) is 4.98 Å². The van der Waals surface area contributed by atoms with Crippen molar-refractivity contribution >= 4 is 51.2 Å². The van der Waals surface area contributed by atoms with Crippen molar-refractivity contribution in [3.63, 3.8) is 0 Å². The molecule has 8 nitrogen and oxygen atoms in total. The highest BCUT2D eigenvalue weighted by molar-refractivity contribution is 9.10. The van der Waals surface area contributed by atoms with Crippen molar-refractivity contribution in [1.29, 1.82) is 0 Å². The summed E-state index contributed by atoms with van der Waals surface area (Å²) in [5.74, 6) is 2.04. The van der Waals surface area contributed by atoms with Crippen LogP contribution in [0.2, 0.25) is 5.02 Å². The Morgan fingerprint density at radius 1 is 1.29 bits per heavy atom. The molecular weight excluding hydrogens is 592 g/mol. The number of nitrogens with zero attached hydrogens (tertiary/aromatic N) is 3. The van der Waals surface area contributed by atoms with Crippen molar-refractivity contribution < 1.29 is 19.0 Å². The first-order valence-electron chi connectivity index (χ1n) is 12.2. The van der Waals surface area contributed by atoms with Crippen molar-refractivity contribution in [2.75, 3.05) is 18.2 Å². The zero-order valence-electron chi connectivity index (χ0n) is 21.9. The summed E-state index contributed by atoms with van der Waals surface area (Å²) in [6.07, 6.45) is 0.715. The van der Waals surface area contributed by atoms with Crippen molar-refractivity contribution in [3.05, 3.63) is 68.3 Å². The monoisotopic (exact) mass is 620 g/mol. The minimum Gasteiger partial charge on any atom is -0.493 e. The van der Waals surface area contributed by atoms with Gasteiger partial charge in [-0.15, -0.1) is 5.10 Å². The Labute approximate surface area is 240 Å². The van der Waals surface area contributed by atoms with Gasteiger partial charge in [0, 0.05) is 22.0 Å². The Hall–Kier alpha value is -2.69. The number of ether oxygens (including phenoxy) is 3. The van der Waals surface area contributed by atoms with E-state index < -0.39 is 12.0 Å². The highest BCUT2D eigenvalue weighted by Crippen LogP contribution is 2.43. The van der Waals surface area contributed by atoms with E-state index in [0.717, 1.165) is 23.3 Å². The molecule has 38 heavy (non-hydrogen) atoms. The first-order valence-corrected chi connectivity index (χ1v) is 14.4. The van der Waals surface area contributed by atoms with Crippen LogP contribution in [-0.2, 0) is 16.1 Å². The molecule has 4 rings (SSSR count). The molecule has 1 atom stereocenters. The number of carbonyl (C=O) groups is 1. The van der Waals surface area contributed by atoms with Crippen LogP contribution in [-0.4, -0.2) is 39.7 Å². The Balaban J connectivity index is 1.77. The summed E-state index contributed by atoms with van der Waals surface area (Å²) in [5.41, 5.74) is 2.71. The molecule has 1 N–H and O–H groups in total. The number of aromatic nitrogens is 3. The van der Waals surface area contributed by atoms with Gasteiger partial charge < -0.3 is 19.5 Å². The Kier molecular flexibility index (Phi) is 9.27. The quantitative estimate of drug-likeness (QED) is 0.191. The number of halogens is 2. The molecule has 0 amide bonds. The predicted octanol–water partition coefficient (Wildman–Crippen LogP) is 7.02. The normalized spacial score (nSPS) is 14.8. The van der Waals surface area contributed by atoms with Crippen LogP contribution in [0.25, 0.3) is 0 Å². The lowest BCUT2D eigenvalue weighted by Crippen LogP contribution is -2.30. The van der Waals surface area contributed by atoms with Crippen LogP contribution in [0, 0.1) is 0 Å². The molecule has 0 saturated heterocycles. The number of fused-ring (bicyclic) bond motifs is 1. The number of methoxy groups -OCH3 is 1. The van der Waals surface area contributed by atoms with Crippen LogP contribution in [0.1, 0.15) is 51.3 Å². The number of anilines is 1. The van der Waals surface area contributed by atoms with Gasteiger partial charge in [-0.3, -0.25) is 0 Å². The molecule has 1 aliphatic rings. The number of esters is 1. The second kappa shape index (κ2) is 12.4. The Bertz CT molecular complexity index is 1360. The summed E-state index contributed by atoms with van der Waals surface area (Å²) in [6, 6.07) is 10.7. The average Bonchev–Trinajstić information content (AvgIpc) is 3.28. The summed E-state index contributed by atoms with van der Waals surface area (Å²) in [7, 11) is 1.58. The molecule has 0 radical (unpaired) electrons. The van der Waals surface area contributed by atoms with Crippen molar-refractivity contribution in [1.82, 2.24) is 14.8 Å². The molecule has 1 aliphatic heterocycles. The zero-order chi connectivity index (χ0) is 27.4. The Morgan fingerprint density at radius 3 is 2.74 bits per heavy atom. The second-order valence-corrected chi connectivity index (χ2v) is 11.3. The lowest BCUT2D eigenvalue weighted by molar-refractivity contribution is -0.143. The van der Waals surface area contributed by atoms with Gasteiger partial charge in [-0.1, -0.05) is 48.5 Å². The predicted molar refractivity (Wildman–Crippen MR) is 153 cm³/mol. The van der Waals surface area contributed by atoms with E-state index in [1.54, 1.807) is 23.6 Å². The summed E-state index contributed by atoms with van der Waals surface area (Å²) < 4.78 is 19.9. The third-order valence-electron chi connectivity index (χ3n) is 5.73. The van der Waals surface area contributed by atoms with Gasteiger partial charge in [0.25, 0.3) is 0 Å². The molecule has 3 aromatic rings. The summed E-state index contributed by atoms with van der Waals surface area (Å²) in [5, 5.41) is 9.24. The molecule has 0 bridgehead atoms. The summed E-state index contributed by atoms with van der Waals surface area (Å²) >= 11 is 11.5. The number of benzene rings is 2. The van der Waals surface area contributed by atoms with Crippen LogP contribution in [0.3, 0.4) is 0 Å². The number of hydrogen-bond donors (Lipinski definition) is 1. The number of rotatable bonds is 10. The molecule has 11 heteroatoms. The highest BCUT2D eigenvalue weighted by atomic mass is 79.9. The first-order chi connectivity index (χ1) is 18.2. The average molecular weight is 622 g/mol. The van der Waals surface area contributed by atoms with Gasteiger partial charge in [-0.05, 0) is 66.9 Å². The van der Waals surface area contributed by atoms with Crippen molar-refractivity contribution in [2.24, 2.45) is 0 Å². The number of nitrogens with one attached hydrogen (secondary N) is 1. The van der Waals surface area contributed by atoms with Gasteiger partial charge in [-0.25, -0.2) is 9.48 Å². The minimum atomic E-state index is -0.594. The molecule has 0 saturated carbocycles. The van der Waals surface area contributed by atoms with Crippen molar-refractivity contribution in [3.8, 4) is 11.5 Å². The van der Waals surface area contributed by atoms with E-state index in [0.29, 0.717) is 43.4 Å². The Morgan fingerprint density at radius 2 is 2.05 bits per heavy atom. The standard InChI is InChI=1S/C27H30BrClN4O4S/c1-6-11-38-27-31-26-30-16(4)22(25(34)37-15(2)3)23(33(26)32-27)18-12-19(28)24(21(13-18)35-5)36-14-17-9-7-8-10-20(17)29/h7-10,12-13,15,23H,6,11,14H2,1-5H3,(H,30,31,32). The highest BCUT2D eigenvalue weighted by Gasteiger charge is 2.36. The molecule has 202 valence electrons. The summed E-state index contributed by atoms with van der Waals surface area (Å²) in [6.45, 7) is 7.86. The fraction of sp³-hybridized carbons (Fsp3) is 0.370.